The van der Waals surface area contributed by atoms with Crippen molar-refractivity contribution in [2.24, 2.45) is 57.7 Å². The maximum absolute atomic E-state index is 15.2. The van der Waals surface area contributed by atoms with E-state index in [-0.39, 0.29) is 42.5 Å². The minimum atomic E-state index is -1.39. The molecule has 5 saturated heterocycles. The Morgan fingerprint density at radius 1 is 0.895 bits per heavy atom. The van der Waals surface area contributed by atoms with Crippen LogP contribution in [0.3, 0.4) is 0 Å². The van der Waals surface area contributed by atoms with E-state index in [4.69, 9.17) is 23.4 Å². The zero-order valence-electron chi connectivity index (χ0n) is 33.8. The van der Waals surface area contributed by atoms with E-state index in [1.54, 1.807) is 6.26 Å². The highest BCUT2D eigenvalue weighted by atomic mass is 16.7. The molecule has 1 aromatic heterocycles. The van der Waals surface area contributed by atoms with E-state index in [9.17, 15) is 19.8 Å². The number of ether oxygens (including phenoxy) is 4. The van der Waals surface area contributed by atoms with Crippen LogP contribution in [0.5, 0.6) is 0 Å². The normalized spacial score (nSPS) is 51.4. The molecule has 16 atom stereocenters. The molecule has 0 radical (unpaired) electrons. The second kappa shape index (κ2) is 12.8. The molecule has 5 aliphatic carbocycles. The van der Waals surface area contributed by atoms with Crippen LogP contribution in [0, 0.1) is 57.7 Å². The van der Waals surface area contributed by atoms with Gasteiger partial charge in [0, 0.05) is 47.5 Å². The summed E-state index contributed by atoms with van der Waals surface area (Å²) in [5.74, 6) is 0.369. The number of nitrogens with one attached hydrogen (secondary N) is 2. The van der Waals surface area contributed by atoms with E-state index in [1.165, 1.54) is 12.8 Å². The number of rotatable bonds is 5. The van der Waals surface area contributed by atoms with Crippen LogP contribution in [-0.4, -0.2) is 89.4 Å². The van der Waals surface area contributed by atoms with Gasteiger partial charge in [-0.25, -0.2) is 4.79 Å². The summed E-state index contributed by atoms with van der Waals surface area (Å²) in [5.41, 5.74) is -4.09. The van der Waals surface area contributed by atoms with Gasteiger partial charge in [-0.2, -0.15) is 0 Å². The topological polar surface area (TPSA) is 169 Å². The maximum atomic E-state index is 15.2. The number of ketones is 1. The molecule has 2 spiro atoms. The van der Waals surface area contributed by atoms with Crippen molar-refractivity contribution in [2.45, 2.75) is 158 Å². The van der Waals surface area contributed by atoms with Crippen LogP contribution >= 0.6 is 0 Å². The van der Waals surface area contributed by atoms with Crippen LogP contribution < -0.4 is 10.6 Å². The zero-order chi connectivity index (χ0) is 39.3. The lowest BCUT2D eigenvalue weighted by Gasteiger charge is -2.70. The maximum Gasteiger partial charge on any atom is 0.339 e. The molecule has 10 aliphatic rings. The molecule has 57 heavy (non-hydrogen) atoms. The summed E-state index contributed by atoms with van der Waals surface area (Å²) < 4.78 is 32.5. The molecule has 4 N–H and O–H groups in total. The highest BCUT2D eigenvalue weighted by molar-refractivity contribution is 5.92. The van der Waals surface area contributed by atoms with Gasteiger partial charge in [0.1, 0.15) is 30.2 Å². The van der Waals surface area contributed by atoms with E-state index in [1.807, 2.05) is 19.9 Å². The number of Topliss-reactive ketones (excluding diaryl/α,β-unsaturated/α-hetero) is 1. The van der Waals surface area contributed by atoms with Gasteiger partial charge < -0.3 is 44.2 Å². The van der Waals surface area contributed by atoms with Gasteiger partial charge in [0.25, 0.3) is 0 Å². The average molecular weight is 791 g/mol. The second-order valence-electron chi connectivity index (χ2n) is 21.1. The number of cyclic esters (lactones) is 2. The Balaban J connectivity index is 0.971. The van der Waals surface area contributed by atoms with Gasteiger partial charge >= 0.3 is 11.9 Å². The number of furan rings is 1. The number of aliphatic hydroxyl groups is 2. The standard InChI is InChI=1S/C45H62N2O10/c1-41(2)36-35(50)37(51)44(27-7-5-4-6-8-27)32(43(36)21-54-34(49)19-33(43)56-41)11-13-42(3)38(55-40(52)39-45(42,44)57-39)28-12-14-53-31(28)18-26-16-25-15-24(29-20-46-22-47-29)10-9-23(25)17-30(26)48/h12,14,23-27,29-30,32-33,36-39,46-48,51H,4-11,13,15-22H2,1-3H3/t23-,24-,25+,26+,29-,30+,32-,33+,36-,37-,38+,39-,42+,43+,44+,45-/m1/s1. The van der Waals surface area contributed by atoms with Crippen LogP contribution in [0.4, 0.5) is 0 Å². The number of aliphatic hydroxyl groups excluding tert-OH is 2. The third-order valence-corrected chi connectivity index (χ3v) is 18.5. The smallest absolute Gasteiger partial charge is 0.339 e. The molecule has 1 aromatic rings. The summed E-state index contributed by atoms with van der Waals surface area (Å²) in [4.78, 5) is 42.6. The van der Waals surface area contributed by atoms with Gasteiger partial charge in [0.05, 0.1) is 36.4 Å². The highest BCUT2D eigenvalue weighted by Crippen LogP contribution is 2.82. The van der Waals surface area contributed by atoms with Gasteiger partial charge in [-0.1, -0.05) is 26.2 Å². The van der Waals surface area contributed by atoms with E-state index in [2.05, 4.69) is 17.6 Å². The van der Waals surface area contributed by atoms with Crippen LogP contribution in [-0.2, 0) is 39.8 Å². The Hall–Kier alpha value is -2.35. The molecular formula is C45H62N2O10. The Morgan fingerprint density at radius 2 is 1.70 bits per heavy atom. The Labute approximate surface area is 335 Å². The Bertz CT molecular complexity index is 1820. The summed E-state index contributed by atoms with van der Waals surface area (Å²) in [5, 5.41) is 31.8. The third-order valence-electron chi connectivity index (χ3n) is 18.5. The minimum Gasteiger partial charge on any atom is -0.469 e. The monoisotopic (exact) mass is 790 g/mol. The number of esters is 2. The van der Waals surface area contributed by atoms with Crippen LogP contribution in [0.2, 0.25) is 0 Å². The third kappa shape index (κ3) is 4.86. The fourth-order valence-electron chi connectivity index (χ4n) is 16.4. The van der Waals surface area contributed by atoms with Gasteiger partial charge in [-0.15, -0.1) is 0 Å². The molecule has 12 nitrogen and oxygen atoms in total. The van der Waals surface area contributed by atoms with Gasteiger partial charge in [-0.3, -0.25) is 9.59 Å². The predicted octanol–water partition coefficient (Wildman–Crippen LogP) is 4.53. The van der Waals surface area contributed by atoms with Crippen molar-refractivity contribution in [2.75, 3.05) is 19.8 Å². The second-order valence-corrected chi connectivity index (χ2v) is 21.1. The molecule has 12 heteroatoms. The lowest BCUT2D eigenvalue weighted by Crippen LogP contribution is -2.79. The predicted molar refractivity (Wildman–Crippen MR) is 203 cm³/mol. The van der Waals surface area contributed by atoms with Gasteiger partial charge in [0.15, 0.2) is 11.9 Å². The Kier molecular flexibility index (Phi) is 8.47. The first-order chi connectivity index (χ1) is 27.4. The number of epoxide rings is 1. The molecular weight excluding hydrogens is 728 g/mol. The number of carbonyl (C=O) groups is 3. The van der Waals surface area contributed by atoms with Crippen molar-refractivity contribution in [1.82, 2.24) is 10.6 Å². The number of hydrogen-bond acceptors (Lipinski definition) is 12. The molecule has 6 heterocycles. The SMILES string of the molecule is CC1(C)O[C@H]2CC(=O)OC[C@@]23[C@@H]1C(=O)[C@@H](O)[C@]1(C2CCCCC2)[C@@H]3CC[C@@]2(C)[C@H](c3ccoc3C[C@@H]3C[C@@H]4C[C@H]([C@H]5CNCN5)CC[C@@H]4C[C@@H]3O)OC(=O)[C@H]3O[C@@]312. The summed E-state index contributed by atoms with van der Waals surface area (Å²) in [7, 11) is 0. The first-order valence-electron chi connectivity index (χ1n) is 22.5. The fourth-order valence-corrected chi connectivity index (χ4v) is 16.4. The quantitative estimate of drug-likeness (QED) is 0.243. The molecule has 0 unspecified atom stereocenters. The largest absolute Gasteiger partial charge is 0.469 e. The van der Waals surface area contributed by atoms with E-state index in [0.717, 1.165) is 75.9 Å². The number of hydrogen-bond donors (Lipinski definition) is 4. The van der Waals surface area contributed by atoms with Crippen molar-refractivity contribution >= 4 is 17.7 Å². The van der Waals surface area contributed by atoms with Gasteiger partial charge in [-0.05, 0) is 113 Å². The van der Waals surface area contributed by atoms with Crippen LogP contribution in [0.25, 0.3) is 0 Å². The van der Waals surface area contributed by atoms with Crippen molar-refractivity contribution in [3.8, 4) is 0 Å². The molecule has 5 aliphatic heterocycles. The lowest BCUT2D eigenvalue weighted by molar-refractivity contribution is -0.275. The number of fused-ring (bicyclic) bond motifs is 2. The van der Waals surface area contributed by atoms with Crippen molar-refractivity contribution in [3.63, 3.8) is 0 Å². The van der Waals surface area contributed by atoms with Crippen molar-refractivity contribution in [1.29, 1.82) is 0 Å². The summed E-state index contributed by atoms with van der Waals surface area (Å²) >= 11 is 0. The summed E-state index contributed by atoms with van der Waals surface area (Å²) in [6, 6.07) is 2.45. The molecule has 5 saturated carbocycles. The molecule has 0 aromatic carbocycles. The highest BCUT2D eigenvalue weighted by Gasteiger charge is 2.92. The molecule has 11 rings (SSSR count). The molecule has 312 valence electrons. The van der Waals surface area contributed by atoms with E-state index >= 15 is 4.79 Å². The first kappa shape index (κ1) is 37.6. The minimum absolute atomic E-state index is 0.0188. The van der Waals surface area contributed by atoms with Crippen molar-refractivity contribution < 1.29 is 48.0 Å². The van der Waals surface area contributed by atoms with E-state index in [0.29, 0.717) is 43.1 Å². The van der Waals surface area contributed by atoms with Crippen LogP contribution in [0.1, 0.15) is 122 Å². The Morgan fingerprint density at radius 3 is 2.49 bits per heavy atom. The first-order valence-corrected chi connectivity index (χ1v) is 22.5. The van der Waals surface area contributed by atoms with E-state index < -0.39 is 69.9 Å². The van der Waals surface area contributed by atoms with Gasteiger partial charge in [0.2, 0.25) is 0 Å². The zero-order valence-corrected chi connectivity index (χ0v) is 33.8. The van der Waals surface area contributed by atoms with Crippen molar-refractivity contribution in [3.05, 3.63) is 23.7 Å². The fraction of sp³-hybridized carbons (Fsp3) is 0.844. The number of carbonyl (C=O) groups excluding carboxylic acids is 3. The molecule has 0 bridgehead atoms. The lowest BCUT2D eigenvalue weighted by atomic mass is 9.33. The average Bonchev–Trinajstić information content (AvgIpc) is 3.45. The molecule has 10 fully saturated rings. The summed E-state index contributed by atoms with van der Waals surface area (Å²) in [6.45, 7) is 7.93. The van der Waals surface area contributed by atoms with Crippen LogP contribution in [0.15, 0.2) is 16.7 Å². The molecule has 0 amide bonds. The summed E-state index contributed by atoms with van der Waals surface area (Å²) in [6.07, 6.45) is 9.45.